The summed E-state index contributed by atoms with van der Waals surface area (Å²) in [5, 5.41) is 3.09. The van der Waals surface area contributed by atoms with Crippen molar-refractivity contribution < 1.29 is 17.9 Å². The van der Waals surface area contributed by atoms with Crippen molar-refractivity contribution >= 4 is 33.2 Å². The van der Waals surface area contributed by atoms with Crippen LogP contribution in [0.25, 0.3) is 10.2 Å². The van der Waals surface area contributed by atoms with Gasteiger partial charge in [-0.2, -0.15) is 4.98 Å². The lowest BCUT2D eigenvalue weighted by molar-refractivity contribution is 0.402. The minimum Gasteiger partial charge on any atom is -0.490 e. The van der Waals surface area contributed by atoms with Crippen LogP contribution >= 0.6 is 11.3 Å². The topological polar surface area (TPSA) is 69.0 Å². The highest BCUT2D eigenvalue weighted by Crippen LogP contribution is 2.28. The number of benzene rings is 2. The number of nitrogens with one attached hydrogen (secondary N) is 1. The smallest absolute Gasteiger partial charge is 0.316 e. The molecular formula is C20H15F3N4O2S. The molecule has 0 amide bonds. The monoisotopic (exact) mass is 432 g/mol. The molecule has 1 N–H and O–H groups in total. The number of hydrogen-bond donors (Lipinski definition) is 1. The van der Waals surface area contributed by atoms with Crippen molar-refractivity contribution in [3.63, 3.8) is 0 Å². The molecule has 154 valence electrons. The van der Waals surface area contributed by atoms with Crippen LogP contribution < -0.4 is 15.6 Å². The summed E-state index contributed by atoms with van der Waals surface area (Å²) in [5.41, 5.74) is 3.67. The van der Waals surface area contributed by atoms with E-state index in [1.165, 1.54) is 29.2 Å². The van der Waals surface area contributed by atoms with E-state index in [9.17, 15) is 18.0 Å². The number of halogens is 3. The first kappa shape index (κ1) is 19.9. The second-order valence-electron chi connectivity index (χ2n) is 6.55. The van der Waals surface area contributed by atoms with Gasteiger partial charge in [0.05, 0.1) is 35.6 Å². The molecule has 10 heteroatoms. The van der Waals surface area contributed by atoms with Gasteiger partial charge in [0, 0.05) is 5.69 Å². The van der Waals surface area contributed by atoms with E-state index in [4.69, 9.17) is 4.74 Å². The van der Waals surface area contributed by atoms with Crippen LogP contribution in [0.1, 0.15) is 11.1 Å². The van der Waals surface area contributed by atoms with Crippen molar-refractivity contribution in [2.45, 2.75) is 13.5 Å². The van der Waals surface area contributed by atoms with Crippen LogP contribution in [0.15, 0.2) is 40.8 Å². The maximum atomic E-state index is 13.6. The fraction of sp³-hybridized carbons (Fsp3) is 0.150. The minimum absolute atomic E-state index is 0.0433. The second-order valence-corrected chi connectivity index (χ2v) is 7.44. The van der Waals surface area contributed by atoms with E-state index in [2.05, 4.69) is 15.3 Å². The maximum Gasteiger partial charge on any atom is 0.316 e. The van der Waals surface area contributed by atoms with Crippen LogP contribution in [0.4, 0.5) is 24.8 Å². The molecule has 0 aliphatic carbocycles. The number of rotatable bonds is 5. The van der Waals surface area contributed by atoms with Gasteiger partial charge in [-0.1, -0.05) is 0 Å². The molecule has 4 rings (SSSR count). The minimum atomic E-state index is -1.54. The predicted molar refractivity (Wildman–Crippen MR) is 108 cm³/mol. The van der Waals surface area contributed by atoms with Gasteiger partial charge < -0.3 is 14.6 Å². The Balaban J connectivity index is 1.78. The molecular weight excluding hydrogens is 417 g/mol. The highest BCUT2D eigenvalue weighted by Gasteiger charge is 2.15. The molecule has 0 aliphatic heterocycles. The number of nitrogens with zero attached hydrogens (tertiary/aromatic N) is 3. The highest BCUT2D eigenvalue weighted by atomic mass is 32.1. The molecule has 0 bridgehead atoms. The van der Waals surface area contributed by atoms with E-state index in [0.29, 0.717) is 5.69 Å². The number of anilines is 2. The zero-order valence-electron chi connectivity index (χ0n) is 15.9. The number of aryl methyl sites for hydroxylation is 1. The molecule has 0 saturated carbocycles. The van der Waals surface area contributed by atoms with Crippen molar-refractivity contribution in [1.29, 1.82) is 0 Å². The average Bonchev–Trinajstić information content (AvgIpc) is 3.15. The largest absolute Gasteiger partial charge is 0.490 e. The zero-order valence-corrected chi connectivity index (χ0v) is 16.7. The van der Waals surface area contributed by atoms with Crippen LogP contribution in [0, 0.1) is 24.4 Å². The van der Waals surface area contributed by atoms with Gasteiger partial charge in [-0.25, -0.2) is 18.2 Å². The first-order valence-corrected chi connectivity index (χ1v) is 9.63. The second kappa shape index (κ2) is 7.79. The first-order chi connectivity index (χ1) is 14.4. The molecule has 0 atom stereocenters. The third-order valence-corrected chi connectivity index (χ3v) is 5.30. The van der Waals surface area contributed by atoms with Gasteiger partial charge in [0.2, 0.25) is 11.7 Å². The number of methoxy groups -OCH3 is 1. The molecule has 2 heterocycles. The van der Waals surface area contributed by atoms with Gasteiger partial charge in [-0.05, 0) is 42.3 Å². The average molecular weight is 432 g/mol. The Hall–Kier alpha value is -3.40. The van der Waals surface area contributed by atoms with Gasteiger partial charge >= 0.3 is 5.56 Å². The fourth-order valence-electron chi connectivity index (χ4n) is 2.99. The highest BCUT2D eigenvalue weighted by molar-refractivity contribution is 7.16. The van der Waals surface area contributed by atoms with Crippen LogP contribution in [0.2, 0.25) is 0 Å². The predicted octanol–water partition coefficient (Wildman–Crippen LogP) is 4.38. The van der Waals surface area contributed by atoms with E-state index >= 15 is 0 Å². The van der Waals surface area contributed by atoms with Crippen LogP contribution in [-0.2, 0) is 6.54 Å². The summed E-state index contributed by atoms with van der Waals surface area (Å²) < 4.78 is 48.0. The SMILES string of the molecule is COc1cn(Cc2cc(F)c(F)c(F)c2)c(Nc2cc3scnc3cc2C)nc1=O. The summed E-state index contributed by atoms with van der Waals surface area (Å²) in [4.78, 5) is 20.5. The summed E-state index contributed by atoms with van der Waals surface area (Å²) in [7, 11) is 1.31. The molecule has 0 unspecified atom stereocenters. The van der Waals surface area contributed by atoms with Gasteiger partial charge in [-0.3, -0.25) is 4.79 Å². The summed E-state index contributed by atoms with van der Waals surface area (Å²) in [6, 6.07) is 5.55. The van der Waals surface area contributed by atoms with Crippen molar-refractivity contribution in [3.05, 3.63) is 74.9 Å². The molecule has 2 aromatic heterocycles. The molecule has 0 fully saturated rings. The van der Waals surface area contributed by atoms with Crippen molar-refractivity contribution in [2.24, 2.45) is 0 Å². The quantitative estimate of drug-likeness (QED) is 0.474. The summed E-state index contributed by atoms with van der Waals surface area (Å²) in [5.74, 6) is -4.05. The summed E-state index contributed by atoms with van der Waals surface area (Å²) >= 11 is 1.46. The third kappa shape index (κ3) is 3.73. The Morgan fingerprint density at radius 2 is 1.90 bits per heavy atom. The molecule has 0 spiro atoms. The Labute approximate surface area is 172 Å². The molecule has 0 radical (unpaired) electrons. The number of hydrogen-bond acceptors (Lipinski definition) is 6. The first-order valence-electron chi connectivity index (χ1n) is 8.75. The lowest BCUT2D eigenvalue weighted by atomic mass is 10.2. The van der Waals surface area contributed by atoms with E-state index in [0.717, 1.165) is 27.9 Å². The lowest BCUT2D eigenvalue weighted by Crippen LogP contribution is -2.19. The molecule has 0 saturated heterocycles. The Morgan fingerprint density at radius 3 is 2.60 bits per heavy atom. The molecule has 2 aromatic carbocycles. The van der Waals surface area contributed by atoms with Crippen molar-refractivity contribution in [3.8, 4) is 5.75 Å². The normalized spacial score (nSPS) is 11.1. The summed E-state index contributed by atoms with van der Waals surface area (Å²) in [6.07, 6.45) is 1.37. The Kier molecular flexibility index (Phi) is 5.17. The fourth-order valence-corrected chi connectivity index (χ4v) is 3.69. The third-order valence-electron chi connectivity index (χ3n) is 4.50. The lowest BCUT2D eigenvalue weighted by Gasteiger charge is -2.16. The standard InChI is InChI=1S/C20H15F3N4O2S/c1-10-3-15-17(30-9-24-15)6-14(10)25-20-26-19(28)16(29-2)8-27(20)7-11-4-12(21)18(23)13(22)5-11/h3-6,8-9H,7H2,1-2H3,(H,25,26,28). The van der Waals surface area contributed by atoms with Crippen LogP contribution in [0.3, 0.4) is 0 Å². The van der Waals surface area contributed by atoms with Gasteiger partial charge in [0.15, 0.2) is 17.5 Å². The van der Waals surface area contributed by atoms with Crippen LogP contribution in [-0.4, -0.2) is 21.6 Å². The molecule has 30 heavy (non-hydrogen) atoms. The summed E-state index contributed by atoms with van der Waals surface area (Å²) in [6.45, 7) is 1.79. The van der Waals surface area contributed by atoms with Gasteiger partial charge in [-0.15, -0.1) is 11.3 Å². The number of ether oxygens (including phenoxy) is 1. The van der Waals surface area contributed by atoms with E-state index in [1.54, 1.807) is 5.51 Å². The van der Waals surface area contributed by atoms with Gasteiger partial charge in [0.1, 0.15) is 0 Å². The van der Waals surface area contributed by atoms with Crippen molar-refractivity contribution in [2.75, 3.05) is 12.4 Å². The van der Waals surface area contributed by atoms with Crippen LogP contribution in [0.5, 0.6) is 5.75 Å². The molecule has 0 aliphatic rings. The number of fused-ring (bicyclic) bond motifs is 1. The molecule has 4 aromatic rings. The Morgan fingerprint density at radius 1 is 1.17 bits per heavy atom. The number of aromatic nitrogens is 3. The maximum absolute atomic E-state index is 13.6. The van der Waals surface area contributed by atoms with E-state index in [-0.39, 0.29) is 23.8 Å². The van der Waals surface area contributed by atoms with E-state index in [1.807, 2.05) is 19.1 Å². The molecule has 6 nitrogen and oxygen atoms in total. The number of thiazole rings is 1. The Bertz CT molecular complexity index is 1300. The van der Waals surface area contributed by atoms with Crippen molar-refractivity contribution in [1.82, 2.24) is 14.5 Å². The van der Waals surface area contributed by atoms with E-state index < -0.39 is 23.0 Å². The zero-order chi connectivity index (χ0) is 21.4. The van der Waals surface area contributed by atoms with Gasteiger partial charge in [0.25, 0.3) is 0 Å².